The third kappa shape index (κ3) is 4.92. The lowest BCUT2D eigenvalue weighted by Crippen LogP contribution is -2.41. The zero-order valence-electron chi connectivity index (χ0n) is 10.3. The Morgan fingerprint density at radius 1 is 1.53 bits per heavy atom. The van der Waals surface area contributed by atoms with Gasteiger partial charge in [-0.05, 0) is 23.9 Å². The molecular weight excluding hydrogens is 270 g/mol. The van der Waals surface area contributed by atoms with Crippen LogP contribution in [0.3, 0.4) is 0 Å². The van der Waals surface area contributed by atoms with Gasteiger partial charge in [0.05, 0.1) is 5.56 Å². The normalized spacial score (nSPS) is 15.2. The Morgan fingerprint density at radius 3 is 2.79 bits per heavy atom. The van der Waals surface area contributed by atoms with Gasteiger partial charge in [0.25, 0.3) is 16.0 Å². The topological polar surface area (TPSA) is 100 Å². The first-order valence-corrected chi connectivity index (χ1v) is 7.64. The van der Waals surface area contributed by atoms with Crippen molar-refractivity contribution in [2.75, 3.05) is 12.3 Å². The average molecular weight is 286 g/mol. The van der Waals surface area contributed by atoms with Crippen LogP contribution in [0.5, 0.6) is 0 Å². The number of carbonyl (C=O) groups excluding carboxylic acids is 1. The van der Waals surface area contributed by atoms with Crippen molar-refractivity contribution in [3.8, 4) is 0 Å². The molecule has 1 aliphatic rings. The highest BCUT2D eigenvalue weighted by atomic mass is 32.2. The number of nitrogens with zero attached hydrogens (tertiary/aromatic N) is 2. The van der Waals surface area contributed by atoms with Gasteiger partial charge in [-0.25, -0.2) is 0 Å². The number of nitrogens with one attached hydrogen (secondary N) is 1. The third-order valence-corrected chi connectivity index (χ3v) is 3.56. The van der Waals surface area contributed by atoms with Crippen LogP contribution in [0, 0.1) is 5.92 Å². The van der Waals surface area contributed by atoms with Crippen molar-refractivity contribution in [3.63, 3.8) is 0 Å². The van der Waals surface area contributed by atoms with Crippen LogP contribution in [-0.2, 0) is 16.7 Å². The Labute approximate surface area is 111 Å². The van der Waals surface area contributed by atoms with E-state index in [4.69, 9.17) is 4.55 Å². The minimum absolute atomic E-state index is 0.0445. The van der Waals surface area contributed by atoms with Gasteiger partial charge in [-0.1, -0.05) is 4.68 Å². The molecule has 104 valence electrons. The van der Waals surface area contributed by atoms with E-state index in [9.17, 15) is 13.2 Å². The van der Waals surface area contributed by atoms with Crippen LogP contribution in [0.15, 0.2) is 18.5 Å². The lowest BCUT2D eigenvalue weighted by atomic mass is 10.3. The first-order chi connectivity index (χ1) is 8.94. The zero-order chi connectivity index (χ0) is 13.9. The molecular formula is C11H16N3O4S+. The zero-order valence-corrected chi connectivity index (χ0v) is 11.1. The lowest BCUT2D eigenvalue weighted by Gasteiger charge is -2.02. The van der Waals surface area contributed by atoms with Crippen molar-refractivity contribution >= 4 is 16.0 Å². The molecule has 1 aromatic rings. The van der Waals surface area contributed by atoms with E-state index >= 15 is 0 Å². The van der Waals surface area contributed by atoms with Crippen molar-refractivity contribution in [2.45, 2.75) is 19.4 Å². The third-order valence-electron chi connectivity index (χ3n) is 2.86. The highest BCUT2D eigenvalue weighted by Gasteiger charge is 2.22. The molecule has 1 aliphatic carbocycles. The highest BCUT2D eigenvalue weighted by Crippen LogP contribution is 2.27. The number of carbonyl (C=O) groups is 1. The van der Waals surface area contributed by atoms with Gasteiger partial charge in [-0.2, -0.15) is 8.42 Å². The van der Waals surface area contributed by atoms with Gasteiger partial charge >= 0.3 is 0 Å². The van der Waals surface area contributed by atoms with E-state index in [1.165, 1.54) is 29.9 Å². The predicted octanol–water partition coefficient (Wildman–Crippen LogP) is -0.603. The van der Waals surface area contributed by atoms with Crippen LogP contribution in [-0.4, -0.2) is 36.3 Å². The summed E-state index contributed by atoms with van der Waals surface area (Å²) >= 11 is 0. The Bertz CT molecular complexity index is 552. The fraction of sp³-hybridized carbons (Fsp3) is 0.545. The van der Waals surface area contributed by atoms with Crippen LogP contribution in [0.4, 0.5) is 0 Å². The van der Waals surface area contributed by atoms with Crippen LogP contribution in [0.25, 0.3) is 0 Å². The second kappa shape index (κ2) is 5.62. The van der Waals surface area contributed by atoms with Crippen LogP contribution in [0.1, 0.15) is 23.2 Å². The summed E-state index contributed by atoms with van der Waals surface area (Å²) in [6.07, 6.45) is 5.23. The van der Waals surface area contributed by atoms with E-state index in [2.05, 4.69) is 10.4 Å². The van der Waals surface area contributed by atoms with E-state index < -0.39 is 15.9 Å². The minimum Gasteiger partial charge on any atom is -0.352 e. The quantitative estimate of drug-likeness (QED) is 0.537. The summed E-state index contributed by atoms with van der Waals surface area (Å²) in [4.78, 5) is 11.7. The van der Waals surface area contributed by atoms with E-state index in [0.717, 1.165) is 0 Å². The summed E-state index contributed by atoms with van der Waals surface area (Å²) in [5, 5.41) is 6.74. The number of aryl methyl sites for hydroxylation is 1. The van der Waals surface area contributed by atoms with Crippen LogP contribution < -0.4 is 10.00 Å². The van der Waals surface area contributed by atoms with Gasteiger partial charge in [-0.15, -0.1) is 0 Å². The highest BCUT2D eigenvalue weighted by molar-refractivity contribution is 7.85. The Kier molecular flexibility index (Phi) is 4.11. The summed E-state index contributed by atoms with van der Waals surface area (Å²) in [6, 6.07) is 1.57. The average Bonchev–Trinajstić information content (AvgIpc) is 3.17. The van der Waals surface area contributed by atoms with Crippen LogP contribution in [0.2, 0.25) is 0 Å². The number of aromatic nitrogens is 2. The maximum absolute atomic E-state index is 11.7. The summed E-state index contributed by atoms with van der Waals surface area (Å²) in [5.74, 6) is 0.0272. The van der Waals surface area contributed by atoms with Crippen LogP contribution >= 0.6 is 0 Å². The summed E-state index contributed by atoms with van der Waals surface area (Å²) in [5.41, 5.74) is 0.434. The van der Waals surface area contributed by atoms with E-state index in [0.29, 0.717) is 18.0 Å². The van der Waals surface area contributed by atoms with Crippen molar-refractivity contribution in [3.05, 3.63) is 24.0 Å². The van der Waals surface area contributed by atoms with Crippen molar-refractivity contribution < 1.29 is 22.4 Å². The molecule has 1 fully saturated rings. The molecule has 2 rings (SSSR count). The molecule has 1 aromatic heterocycles. The number of hydrogen-bond acceptors (Lipinski definition) is 4. The lowest BCUT2D eigenvalue weighted by molar-refractivity contribution is -0.750. The first kappa shape index (κ1) is 13.9. The summed E-state index contributed by atoms with van der Waals surface area (Å²) in [7, 11) is -4.00. The molecule has 1 amide bonds. The molecule has 1 saturated carbocycles. The molecule has 0 aliphatic heterocycles. The SMILES string of the molecule is O=C(NCC1CC1)c1cc[n+](CCS(=O)(=O)O)nc1. The molecule has 0 aromatic carbocycles. The molecule has 8 heteroatoms. The second-order valence-corrected chi connectivity index (χ2v) is 6.19. The van der Waals surface area contributed by atoms with Crippen molar-refractivity contribution in [1.29, 1.82) is 0 Å². The van der Waals surface area contributed by atoms with Gasteiger partial charge in [0, 0.05) is 12.6 Å². The molecule has 0 bridgehead atoms. The van der Waals surface area contributed by atoms with Gasteiger partial charge < -0.3 is 5.32 Å². The van der Waals surface area contributed by atoms with Gasteiger partial charge in [-0.3, -0.25) is 9.35 Å². The molecule has 0 saturated heterocycles. The molecule has 0 spiro atoms. The molecule has 0 atom stereocenters. The van der Waals surface area contributed by atoms with Gasteiger partial charge in [0.15, 0.2) is 12.7 Å². The molecule has 19 heavy (non-hydrogen) atoms. The van der Waals surface area contributed by atoms with Crippen molar-refractivity contribution in [1.82, 2.24) is 10.4 Å². The minimum atomic E-state index is -4.00. The monoisotopic (exact) mass is 286 g/mol. The number of rotatable bonds is 6. The molecule has 0 radical (unpaired) electrons. The maximum atomic E-state index is 11.7. The first-order valence-electron chi connectivity index (χ1n) is 6.03. The number of hydrogen-bond donors (Lipinski definition) is 2. The molecule has 0 unspecified atom stereocenters. The predicted molar refractivity (Wildman–Crippen MR) is 65.9 cm³/mol. The van der Waals surface area contributed by atoms with Gasteiger partial charge in [0.1, 0.15) is 11.9 Å². The molecule has 7 nitrogen and oxygen atoms in total. The van der Waals surface area contributed by atoms with Gasteiger partial charge in [0.2, 0.25) is 0 Å². The smallest absolute Gasteiger partial charge is 0.271 e. The van der Waals surface area contributed by atoms with E-state index in [-0.39, 0.29) is 12.5 Å². The largest absolute Gasteiger partial charge is 0.352 e. The van der Waals surface area contributed by atoms with E-state index in [1.807, 2.05) is 0 Å². The fourth-order valence-electron chi connectivity index (χ4n) is 1.52. The Morgan fingerprint density at radius 2 is 2.26 bits per heavy atom. The molecule has 2 N–H and O–H groups in total. The Hall–Kier alpha value is -1.54. The summed E-state index contributed by atoms with van der Waals surface area (Å²) < 4.78 is 31.1. The molecule has 1 heterocycles. The Balaban J connectivity index is 1.87. The summed E-state index contributed by atoms with van der Waals surface area (Å²) in [6.45, 7) is 0.735. The van der Waals surface area contributed by atoms with Crippen molar-refractivity contribution in [2.24, 2.45) is 5.92 Å². The second-order valence-electron chi connectivity index (χ2n) is 4.62. The van der Waals surface area contributed by atoms with E-state index in [1.54, 1.807) is 6.07 Å². The standard InChI is InChI=1S/C11H15N3O4S/c15-11(12-7-9-1-2-9)10-3-4-14(13-8-10)5-6-19(16,17)18/h3-4,8-9H,1-2,5-7H2,(H-,12,15,16,17,18)/p+1. The fourth-order valence-corrected chi connectivity index (χ4v) is 1.94. The maximum Gasteiger partial charge on any atom is 0.271 e. The number of amides is 1.